The summed E-state index contributed by atoms with van der Waals surface area (Å²) >= 11 is 0. The fourth-order valence-corrected chi connectivity index (χ4v) is 2.48. The second-order valence-electron chi connectivity index (χ2n) is 5.03. The van der Waals surface area contributed by atoms with E-state index in [1.165, 1.54) is 0 Å². The molecule has 0 radical (unpaired) electrons. The normalized spacial score (nSPS) is 14.5. The van der Waals surface area contributed by atoms with Crippen molar-refractivity contribution in [2.24, 2.45) is 0 Å². The summed E-state index contributed by atoms with van der Waals surface area (Å²) in [4.78, 5) is 24.4. The molecule has 1 aliphatic rings. The van der Waals surface area contributed by atoms with Crippen LogP contribution in [-0.2, 0) is 0 Å². The predicted molar refractivity (Wildman–Crippen MR) is 81.3 cm³/mol. The molecule has 3 rings (SSSR count). The molecule has 0 atom stereocenters. The summed E-state index contributed by atoms with van der Waals surface area (Å²) in [6.07, 6.45) is 4.97. The molecule has 0 saturated carbocycles. The first-order chi connectivity index (χ1) is 10.8. The van der Waals surface area contributed by atoms with Crippen molar-refractivity contribution >= 4 is 11.6 Å². The summed E-state index contributed by atoms with van der Waals surface area (Å²) in [7, 11) is 0. The van der Waals surface area contributed by atoms with Crippen molar-refractivity contribution in [3.63, 3.8) is 0 Å². The number of aromatic nitrogens is 2. The highest BCUT2D eigenvalue weighted by molar-refractivity contribution is 5.94. The smallest absolute Gasteiger partial charge is 0.254 e. The molecular formula is C16H15N5O. The summed E-state index contributed by atoms with van der Waals surface area (Å²) in [5.41, 5.74) is 2.06. The number of hydrogen-bond donors (Lipinski definition) is 0. The molecule has 1 aliphatic heterocycles. The average molecular weight is 293 g/mol. The molecule has 2 aromatic heterocycles. The summed E-state index contributed by atoms with van der Waals surface area (Å²) in [6, 6.07) is 9.09. The molecule has 6 heteroatoms. The molecule has 1 amide bonds. The predicted octanol–water partition coefficient (Wildman–Crippen LogP) is 1.31. The van der Waals surface area contributed by atoms with Gasteiger partial charge in [0.1, 0.15) is 11.8 Å². The topological polar surface area (TPSA) is 73.1 Å². The van der Waals surface area contributed by atoms with E-state index in [1.807, 2.05) is 17.0 Å². The van der Waals surface area contributed by atoms with E-state index in [9.17, 15) is 4.79 Å². The molecule has 3 heterocycles. The maximum atomic E-state index is 12.4. The van der Waals surface area contributed by atoms with Crippen molar-refractivity contribution < 1.29 is 4.79 Å². The Hall–Kier alpha value is -2.94. The van der Waals surface area contributed by atoms with Crippen LogP contribution in [0.2, 0.25) is 0 Å². The molecule has 22 heavy (non-hydrogen) atoms. The fourth-order valence-electron chi connectivity index (χ4n) is 2.48. The van der Waals surface area contributed by atoms with Gasteiger partial charge in [-0.1, -0.05) is 0 Å². The summed E-state index contributed by atoms with van der Waals surface area (Å²) in [5.74, 6) is 0.0417. The number of amides is 1. The average Bonchev–Trinajstić information content (AvgIpc) is 2.62. The van der Waals surface area contributed by atoms with Crippen LogP contribution in [0.25, 0.3) is 0 Å². The van der Waals surface area contributed by atoms with Crippen LogP contribution in [0.1, 0.15) is 16.1 Å². The van der Waals surface area contributed by atoms with Gasteiger partial charge in [0.15, 0.2) is 0 Å². The fraction of sp³-hybridized carbons (Fsp3) is 0.250. The third kappa shape index (κ3) is 2.88. The number of nitriles is 1. The highest BCUT2D eigenvalue weighted by Crippen LogP contribution is 2.16. The largest absolute Gasteiger partial charge is 0.367 e. The monoisotopic (exact) mass is 293 g/mol. The van der Waals surface area contributed by atoms with Gasteiger partial charge in [0.25, 0.3) is 5.91 Å². The Balaban J connectivity index is 1.62. The van der Waals surface area contributed by atoms with Gasteiger partial charge in [0.05, 0.1) is 11.9 Å². The van der Waals surface area contributed by atoms with E-state index in [0.29, 0.717) is 24.3 Å². The first kappa shape index (κ1) is 14.0. The Kier molecular flexibility index (Phi) is 3.97. The number of piperazine rings is 1. The van der Waals surface area contributed by atoms with Crippen molar-refractivity contribution in [2.45, 2.75) is 0 Å². The first-order valence-corrected chi connectivity index (χ1v) is 7.08. The first-order valence-electron chi connectivity index (χ1n) is 7.08. The van der Waals surface area contributed by atoms with Crippen molar-refractivity contribution in [3.8, 4) is 6.07 Å². The second kappa shape index (κ2) is 6.22. The van der Waals surface area contributed by atoms with Gasteiger partial charge in [-0.2, -0.15) is 5.26 Å². The summed E-state index contributed by atoms with van der Waals surface area (Å²) < 4.78 is 0. The Morgan fingerprint density at radius 2 is 1.82 bits per heavy atom. The van der Waals surface area contributed by atoms with E-state index in [4.69, 9.17) is 5.26 Å². The van der Waals surface area contributed by atoms with Gasteiger partial charge < -0.3 is 9.80 Å². The van der Waals surface area contributed by atoms with Crippen molar-refractivity contribution in [1.29, 1.82) is 5.26 Å². The highest BCUT2D eigenvalue weighted by Gasteiger charge is 2.22. The Morgan fingerprint density at radius 3 is 2.41 bits per heavy atom. The van der Waals surface area contributed by atoms with Gasteiger partial charge in [-0.05, 0) is 24.3 Å². The van der Waals surface area contributed by atoms with Crippen LogP contribution < -0.4 is 4.90 Å². The molecule has 110 valence electrons. The zero-order valence-corrected chi connectivity index (χ0v) is 12.0. The maximum Gasteiger partial charge on any atom is 0.254 e. The van der Waals surface area contributed by atoms with Crippen molar-refractivity contribution in [3.05, 3.63) is 54.1 Å². The van der Waals surface area contributed by atoms with Crippen LogP contribution >= 0.6 is 0 Å². The molecule has 0 unspecified atom stereocenters. The second-order valence-corrected chi connectivity index (χ2v) is 5.03. The minimum absolute atomic E-state index is 0.0417. The van der Waals surface area contributed by atoms with Crippen molar-refractivity contribution in [1.82, 2.24) is 14.9 Å². The molecule has 2 aromatic rings. The Labute approximate surface area is 128 Å². The van der Waals surface area contributed by atoms with Gasteiger partial charge in [-0.3, -0.25) is 9.78 Å². The van der Waals surface area contributed by atoms with Crippen LogP contribution in [0.15, 0.2) is 42.9 Å². The molecule has 0 aromatic carbocycles. The molecule has 6 nitrogen and oxygen atoms in total. The zero-order chi connectivity index (χ0) is 15.4. The highest BCUT2D eigenvalue weighted by atomic mass is 16.2. The minimum atomic E-state index is 0.0417. The van der Waals surface area contributed by atoms with E-state index in [2.05, 4.69) is 14.9 Å². The minimum Gasteiger partial charge on any atom is -0.367 e. The van der Waals surface area contributed by atoms with Crippen LogP contribution in [0.3, 0.4) is 0 Å². The lowest BCUT2D eigenvalue weighted by molar-refractivity contribution is 0.0746. The zero-order valence-electron chi connectivity index (χ0n) is 12.0. The number of carbonyl (C=O) groups excluding carboxylic acids is 1. The lowest BCUT2D eigenvalue weighted by Crippen LogP contribution is -2.48. The van der Waals surface area contributed by atoms with E-state index < -0.39 is 0 Å². The molecule has 0 bridgehead atoms. The third-order valence-corrected chi connectivity index (χ3v) is 3.72. The van der Waals surface area contributed by atoms with Gasteiger partial charge >= 0.3 is 0 Å². The third-order valence-electron chi connectivity index (χ3n) is 3.72. The number of rotatable bonds is 2. The molecule has 0 spiro atoms. The van der Waals surface area contributed by atoms with Gasteiger partial charge in [0.2, 0.25) is 0 Å². The van der Waals surface area contributed by atoms with Gasteiger partial charge in [-0.15, -0.1) is 0 Å². The molecule has 1 fully saturated rings. The lowest BCUT2D eigenvalue weighted by Gasteiger charge is -2.36. The van der Waals surface area contributed by atoms with E-state index in [-0.39, 0.29) is 5.91 Å². The number of nitrogens with zero attached hydrogens (tertiary/aromatic N) is 5. The number of pyridine rings is 2. The van der Waals surface area contributed by atoms with Gasteiger partial charge in [0, 0.05) is 44.1 Å². The molecule has 1 saturated heterocycles. The quantitative estimate of drug-likeness (QED) is 0.834. The Bertz CT molecular complexity index is 685. The molecular weight excluding hydrogens is 278 g/mol. The van der Waals surface area contributed by atoms with Gasteiger partial charge in [-0.25, -0.2) is 4.98 Å². The summed E-state index contributed by atoms with van der Waals surface area (Å²) in [5, 5.41) is 8.77. The standard InChI is InChI=1S/C16H15N5O/c17-11-14-1-2-15(12-19-14)20-7-9-21(10-8-20)16(22)13-3-5-18-6-4-13/h1-6,12H,7-10H2. The van der Waals surface area contributed by atoms with Crippen molar-refractivity contribution in [2.75, 3.05) is 31.1 Å². The summed E-state index contributed by atoms with van der Waals surface area (Å²) in [6.45, 7) is 2.84. The maximum absolute atomic E-state index is 12.4. The lowest BCUT2D eigenvalue weighted by atomic mass is 10.2. The number of hydrogen-bond acceptors (Lipinski definition) is 5. The van der Waals surface area contributed by atoms with Crippen LogP contribution in [0, 0.1) is 11.3 Å². The van der Waals surface area contributed by atoms with Crippen LogP contribution in [-0.4, -0.2) is 47.0 Å². The Morgan fingerprint density at radius 1 is 1.09 bits per heavy atom. The number of anilines is 1. The van der Waals surface area contributed by atoms with Crippen LogP contribution in [0.4, 0.5) is 5.69 Å². The van der Waals surface area contributed by atoms with E-state index in [1.54, 1.807) is 36.8 Å². The van der Waals surface area contributed by atoms with E-state index >= 15 is 0 Å². The van der Waals surface area contributed by atoms with Crippen LogP contribution in [0.5, 0.6) is 0 Å². The molecule has 0 aliphatic carbocycles. The number of carbonyl (C=O) groups is 1. The SMILES string of the molecule is N#Cc1ccc(N2CCN(C(=O)c3ccncc3)CC2)cn1. The molecule has 0 N–H and O–H groups in total. The van der Waals surface area contributed by atoms with E-state index in [0.717, 1.165) is 18.8 Å².